The number of alkyl carbamates (subject to hydrolysis) is 1. The van der Waals surface area contributed by atoms with Gasteiger partial charge in [0.25, 0.3) is 0 Å². The van der Waals surface area contributed by atoms with Gasteiger partial charge >= 0.3 is 6.09 Å². The molecule has 1 fully saturated rings. The number of carbonyl (C=O) groups excluding carboxylic acids is 3. The number of nitrogens with one attached hydrogen (secondary N) is 2. The summed E-state index contributed by atoms with van der Waals surface area (Å²) in [6, 6.07) is 8.48. The number of primary amides is 1. The first-order valence-corrected chi connectivity index (χ1v) is 9.67. The number of rotatable bonds is 9. The van der Waals surface area contributed by atoms with Crippen molar-refractivity contribution in [3.05, 3.63) is 35.9 Å². The van der Waals surface area contributed by atoms with Gasteiger partial charge in [0.15, 0.2) is 0 Å². The highest BCUT2D eigenvalue weighted by molar-refractivity contribution is 5.87. The van der Waals surface area contributed by atoms with Crippen molar-refractivity contribution in [3.8, 4) is 0 Å². The molecular weight excluding hydrogens is 362 g/mol. The summed E-state index contributed by atoms with van der Waals surface area (Å²) in [5.74, 6) is -0.989. The largest absolute Gasteiger partial charge is 0.445 e. The Balaban J connectivity index is 1.69. The summed E-state index contributed by atoms with van der Waals surface area (Å²) in [4.78, 5) is 35.5. The van der Waals surface area contributed by atoms with E-state index >= 15 is 0 Å². The van der Waals surface area contributed by atoms with Crippen LogP contribution in [0.25, 0.3) is 0 Å². The summed E-state index contributed by atoms with van der Waals surface area (Å²) < 4.78 is 5.04. The fraction of sp³-hybridized carbons (Fsp3) is 0.550. The number of hydrogen-bond donors (Lipinski definition) is 4. The van der Waals surface area contributed by atoms with E-state index in [4.69, 9.17) is 10.5 Å². The molecule has 1 aliphatic rings. The van der Waals surface area contributed by atoms with Crippen LogP contribution in [0.2, 0.25) is 0 Å². The van der Waals surface area contributed by atoms with Gasteiger partial charge in [0.05, 0.1) is 12.5 Å². The fourth-order valence-electron chi connectivity index (χ4n) is 3.38. The van der Waals surface area contributed by atoms with Gasteiger partial charge in [0.1, 0.15) is 12.6 Å². The predicted octanol–water partition coefficient (Wildman–Crippen LogP) is 1.21. The first-order valence-electron chi connectivity index (χ1n) is 9.67. The molecule has 8 nitrogen and oxygen atoms in total. The summed E-state index contributed by atoms with van der Waals surface area (Å²) in [5.41, 5.74) is 6.28. The van der Waals surface area contributed by atoms with Crippen LogP contribution in [0, 0.1) is 5.92 Å². The molecule has 0 radical (unpaired) electrons. The van der Waals surface area contributed by atoms with Crippen LogP contribution >= 0.6 is 0 Å². The maximum absolute atomic E-state index is 12.1. The highest BCUT2D eigenvalue weighted by atomic mass is 16.5. The number of benzene rings is 1. The minimum absolute atomic E-state index is 0.0402. The number of nitrogens with two attached hydrogens (primary N) is 1. The highest BCUT2D eigenvalue weighted by Gasteiger charge is 2.29. The Labute approximate surface area is 164 Å². The lowest BCUT2D eigenvalue weighted by Crippen LogP contribution is -2.50. The summed E-state index contributed by atoms with van der Waals surface area (Å²) in [6.45, 7) is -0.0172. The van der Waals surface area contributed by atoms with Gasteiger partial charge in [0, 0.05) is 6.54 Å². The summed E-state index contributed by atoms with van der Waals surface area (Å²) in [7, 11) is 0. The Morgan fingerprint density at radius 2 is 1.82 bits per heavy atom. The zero-order valence-electron chi connectivity index (χ0n) is 15.9. The maximum atomic E-state index is 12.1. The second-order valence-corrected chi connectivity index (χ2v) is 7.15. The molecule has 0 aliphatic heterocycles. The molecule has 0 heterocycles. The molecule has 1 aliphatic carbocycles. The van der Waals surface area contributed by atoms with Crippen molar-refractivity contribution in [1.82, 2.24) is 10.6 Å². The molecule has 0 unspecified atom stereocenters. The van der Waals surface area contributed by atoms with Crippen LogP contribution < -0.4 is 16.4 Å². The minimum atomic E-state index is -1.09. The Hall–Kier alpha value is -2.61. The molecule has 0 saturated heterocycles. The molecule has 1 saturated carbocycles. The zero-order valence-corrected chi connectivity index (χ0v) is 15.9. The lowest BCUT2D eigenvalue weighted by molar-refractivity contribution is -0.130. The van der Waals surface area contributed by atoms with Crippen LogP contribution in [0.15, 0.2) is 30.3 Å². The van der Waals surface area contributed by atoms with E-state index in [0.717, 1.165) is 37.7 Å². The monoisotopic (exact) mass is 391 g/mol. The molecule has 0 spiro atoms. The van der Waals surface area contributed by atoms with Crippen LogP contribution in [0.5, 0.6) is 0 Å². The number of carbonyl (C=O) groups is 3. The highest BCUT2D eigenvalue weighted by Crippen LogP contribution is 2.26. The van der Waals surface area contributed by atoms with E-state index in [1.54, 1.807) is 0 Å². The lowest BCUT2D eigenvalue weighted by Gasteiger charge is -2.29. The molecule has 3 amide bonds. The topological polar surface area (TPSA) is 131 Å². The number of hydrogen-bond acceptors (Lipinski definition) is 5. The average Bonchev–Trinajstić information content (AvgIpc) is 2.70. The van der Waals surface area contributed by atoms with Crippen LogP contribution in [-0.2, 0) is 20.9 Å². The molecule has 2 rings (SSSR count). The first-order chi connectivity index (χ1) is 13.5. The van der Waals surface area contributed by atoms with Crippen molar-refractivity contribution in [2.75, 3.05) is 6.54 Å². The minimum Gasteiger partial charge on any atom is -0.445 e. The van der Waals surface area contributed by atoms with Gasteiger partial charge in [-0.15, -0.1) is 0 Å². The molecule has 1 aromatic carbocycles. The first kappa shape index (κ1) is 21.7. The van der Waals surface area contributed by atoms with E-state index < -0.39 is 30.1 Å². The third-order valence-corrected chi connectivity index (χ3v) is 4.86. The van der Waals surface area contributed by atoms with E-state index in [9.17, 15) is 19.5 Å². The third-order valence-electron chi connectivity index (χ3n) is 4.86. The zero-order chi connectivity index (χ0) is 20.4. The molecular formula is C20H29N3O5. The van der Waals surface area contributed by atoms with Gasteiger partial charge in [-0.3, -0.25) is 9.59 Å². The van der Waals surface area contributed by atoms with Gasteiger partial charge in [-0.05, 0) is 24.3 Å². The van der Waals surface area contributed by atoms with Crippen LogP contribution in [-0.4, -0.2) is 41.7 Å². The Kier molecular flexibility index (Phi) is 8.74. The Bertz CT molecular complexity index is 647. The van der Waals surface area contributed by atoms with Crippen molar-refractivity contribution in [3.63, 3.8) is 0 Å². The van der Waals surface area contributed by atoms with Crippen molar-refractivity contribution in [2.24, 2.45) is 11.7 Å². The second-order valence-electron chi connectivity index (χ2n) is 7.15. The quantitative estimate of drug-likeness (QED) is 0.503. The van der Waals surface area contributed by atoms with E-state index in [1.165, 1.54) is 0 Å². The smallest absolute Gasteiger partial charge is 0.407 e. The number of aliphatic hydroxyl groups is 1. The van der Waals surface area contributed by atoms with Gasteiger partial charge < -0.3 is 26.2 Å². The Morgan fingerprint density at radius 1 is 1.14 bits per heavy atom. The standard InChI is InChI=1S/C20H29N3O5/c21-19(26)18(15-9-5-2-6-10-15)23-17(25)11-16(24)12-22-20(27)28-13-14-7-3-1-4-8-14/h1,3-4,7-8,15-16,18,24H,2,5-6,9-13H2,(H2,21,26)(H,22,27)(H,23,25)/t16-,18-/m1/s1. The average molecular weight is 391 g/mol. The molecule has 0 aromatic heterocycles. The lowest BCUT2D eigenvalue weighted by atomic mass is 9.83. The molecule has 5 N–H and O–H groups in total. The number of ether oxygens (including phenoxy) is 1. The van der Waals surface area contributed by atoms with Crippen molar-refractivity contribution in [1.29, 1.82) is 0 Å². The van der Waals surface area contributed by atoms with E-state index in [-0.39, 0.29) is 25.5 Å². The van der Waals surface area contributed by atoms with Crippen LogP contribution in [0.1, 0.15) is 44.1 Å². The molecule has 154 valence electrons. The van der Waals surface area contributed by atoms with Crippen LogP contribution in [0.4, 0.5) is 4.79 Å². The van der Waals surface area contributed by atoms with E-state index in [2.05, 4.69) is 10.6 Å². The number of amides is 3. The molecule has 2 atom stereocenters. The van der Waals surface area contributed by atoms with E-state index in [1.807, 2.05) is 30.3 Å². The van der Waals surface area contributed by atoms with Crippen LogP contribution in [0.3, 0.4) is 0 Å². The predicted molar refractivity (Wildman–Crippen MR) is 103 cm³/mol. The summed E-state index contributed by atoms with van der Waals surface area (Å²) in [6.07, 6.45) is 2.85. The van der Waals surface area contributed by atoms with Crippen molar-refractivity contribution in [2.45, 2.75) is 57.3 Å². The molecule has 28 heavy (non-hydrogen) atoms. The summed E-state index contributed by atoms with van der Waals surface area (Å²) >= 11 is 0. The normalized spacial score (nSPS) is 16.6. The fourth-order valence-corrected chi connectivity index (χ4v) is 3.38. The van der Waals surface area contributed by atoms with Gasteiger partial charge in [0.2, 0.25) is 11.8 Å². The number of aliphatic hydroxyl groups excluding tert-OH is 1. The Morgan fingerprint density at radius 3 is 2.46 bits per heavy atom. The second kappa shape index (κ2) is 11.3. The van der Waals surface area contributed by atoms with Gasteiger partial charge in [-0.2, -0.15) is 0 Å². The molecule has 1 aromatic rings. The SMILES string of the molecule is NC(=O)[C@H](NC(=O)C[C@@H](O)CNC(=O)OCc1ccccc1)C1CCCCC1. The van der Waals surface area contributed by atoms with Crippen molar-refractivity contribution < 1.29 is 24.2 Å². The molecule has 8 heteroatoms. The molecule has 0 bridgehead atoms. The van der Waals surface area contributed by atoms with Gasteiger partial charge in [-0.25, -0.2) is 4.79 Å². The third kappa shape index (κ3) is 7.56. The van der Waals surface area contributed by atoms with Gasteiger partial charge in [-0.1, -0.05) is 49.6 Å². The maximum Gasteiger partial charge on any atom is 0.407 e. The van der Waals surface area contributed by atoms with E-state index in [0.29, 0.717) is 0 Å². The van der Waals surface area contributed by atoms with Crippen molar-refractivity contribution >= 4 is 17.9 Å². The summed E-state index contributed by atoms with van der Waals surface area (Å²) in [5, 5.41) is 15.0.